The van der Waals surface area contributed by atoms with Gasteiger partial charge >= 0.3 is 0 Å². The zero-order valence-electron chi connectivity index (χ0n) is 8.50. The first-order chi connectivity index (χ1) is 6.63. The maximum absolute atomic E-state index is 9.02. The molecule has 0 amide bonds. The van der Waals surface area contributed by atoms with Crippen LogP contribution < -0.4 is 5.73 Å². The predicted molar refractivity (Wildman–Crippen MR) is 59.3 cm³/mol. The van der Waals surface area contributed by atoms with Crippen molar-refractivity contribution in [3.05, 3.63) is 16.0 Å². The highest BCUT2D eigenvalue weighted by Crippen LogP contribution is 2.43. The van der Waals surface area contributed by atoms with Gasteiger partial charge in [-0.05, 0) is 30.2 Å². The molecule has 0 bridgehead atoms. The van der Waals surface area contributed by atoms with Gasteiger partial charge in [-0.25, -0.2) is 0 Å². The summed E-state index contributed by atoms with van der Waals surface area (Å²) in [7, 11) is 0. The van der Waals surface area contributed by atoms with Crippen LogP contribution in [-0.4, -0.2) is 0 Å². The van der Waals surface area contributed by atoms with Gasteiger partial charge in [0.15, 0.2) is 0 Å². The summed E-state index contributed by atoms with van der Waals surface area (Å²) in [5.74, 6) is 1.22. The van der Waals surface area contributed by atoms with Gasteiger partial charge in [0.1, 0.15) is 11.1 Å². The number of anilines is 1. The van der Waals surface area contributed by atoms with Crippen LogP contribution >= 0.6 is 11.3 Å². The van der Waals surface area contributed by atoms with Crippen LogP contribution in [0.25, 0.3) is 0 Å². The topological polar surface area (TPSA) is 49.8 Å². The Morgan fingerprint density at radius 3 is 2.86 bits per heavy atom. The lowest BCUT2D eigenvalue weighted by Crippen LogP contribution is -2.13. The van der Waals surface area contributed by atoms with Gasteiger partial charge in [-0.1, -0.05) is 13.8 Å². The number of thiophene rings is 1. The Bertz CT molecular complexity index is 400. The van der Waals surface area contributed by atoms with Crippen LogP contribution in [0.2, 0.25) is 0 Å². The summed E-state index contributed by atoms with van der Waals surface area (Å²) in [5.41, 5.74) is 7.81. The summed E-state index contributed by atoms with van der Waals surface area (Å²) < 4.78 is 0. The van der Waals surface area contributed by atoms with Crippen molar-refractivity contribution >= 4 is 16.3 Å². The van der Waals surface area contributed by atoms with Crippen LogP contribution in [0.1, 0.15) is 42.2 Å². The summed E-state index contributed by atoms with van der Waals surface area (Å²) in [6.07, 6.45) is 2.27. The van der Waals surface area contributed by atoms with E-state index in [1.807, 2.05) is 0 Å². The standard InChI is InChI=1S/C11H14N2S/c1-6-3-7(2)10-8(5-12)11(13)14-9(10)4-6/h6-7H,3-4,13H2,1-2H3/t6-,7+/m0/s1. The highest BCUT2D eigenvalue weighted by molar-refractivity contribution is 7.16. The fourth-order valence-corrected chi connectivity index (χ4v) is 3.72. The molecule has 1 aliphatic carbocycles. The third-order valence-corrected chi connectivity index (χ3v) is 4.00. The molecule has 3 heteroatoms. The number of rotatable bonds is 0. The number of nitriles is 1. The number of nitrogens with zero attached hydrogens (tertiary/aromatic N) is 1. The minimum atomic E-state index is 0.497. The van der Waals surface area contributed by atoms with Crippen molar-refractivity contribution in [2.45, 2.75) is 32.6 Å². The van der Waals surface area contributed by atoms with E-state index in [9.17, 15) is 0 Å². The first-order valence-electron chi connectivity index (χ1n) is 4.94. The quantitative estimate of drug-likeness (QED) is 0.709. The summed E-state index contributed by atoms with van der Waals surface area (Å²) in [6, 6.07) is 2.23. The van der Waals surface area contributed by atoms with Crippen molar-refractivity contribution in [1.82, 2.24) is 0 Å². The Hall–Kier alpha value is -1.01. The molecule has 1 aromatic rings. The molecular weight excluding hydrogens is 192 g/mol. The molecular formula is C11H14N2S. The van der Waals surface area contributed by atoms with E-state index < -0.39 is 0 Å². The zero-order chi connectivity index (χ0) is 10.3. The molecule has 0 fully saturated rings. The third kappa shape index (κ3) is 1.31. The van der Waals surface area contributed by atoms with E-state index in [2.05, 4.69) is 19.9 Å². The van der Waals surface area contributed by atoms with Crippen molar-refractivity contribution in [3.63, 3.8) is 0 Å². The molecule has 0 aliphatic heterocycles. The second kappa shape index (κ2) is 3.29. The minimum absolute atomic E-state index is 0.497. The molecule has 14 heavy (non-hydrogen) atoms. The highest BCUT2D eigenvalue weighted by atomic mass is 32.1. The number of nitrogens with two attached hydrogens (primary N) is 1. The average molecular weight is 206 g/mol. The lowest BCUT2D eigenvalue weighted by molar-refractivity contribution is 0.455. The zero-order valence-corrected chi connectivity index (χ0v) is 9.32. The van der Waals surface area contributed by atoms with Crippen LogP contribution in [0.4, 0.5) is 5.00 Å². The van der Waals surface area contributed by atoms with Crippen molar-refractivity contribution in [2.75, 3.05) is 5.73 Å². The van der Waals surface area contributed by atoms with Gasteiger partial charge in [0.2, 0.25) is 0 Å². The fraction of sp³-hybridized carbons (Fsp3) is 0.545. The molecule has 0 spiro atoms. The summed E-state index contributed by atoms with van der Waals surface area (Å²) >= 11 is 1.60. The van der Waals surface area contributed by atoms with Gasteiger partial charge in [0, 0.05) is 4.88 Å². The Labute approximate surface area is 88.4 Å². The Morgan fingerprint density at radius 2 is 2.21 bits per heavy atom. The van der Waals surface area contributed by atoms with Gasteiger partial charge in [0.05, 0.1) is 5.56 Å². The average Bonchev–Trinajstić information content (AvgIpc) is 2.40. The van der Waals surface area contributed by atoms with E-state index in [0.29, 0.717) is 10.9 Å². The van der Waals surface area contributed by atoms with Crippen LogP contribution in [0, 0.1) is 17.2 Å². The fourth-order valence-electron chi connectivity index (χ4n) is 2.42. The van der Waals surface area contributed by atoms with Crippen LogP contribution in [0.5, 0.6) is 0 Å². The van der Waals surface area contributed by atoms with Crippen molar-refractivity contribution < 1.29 is 0 Å². The van der Waals surface area contributed by atoms with E-state index in [-0.39, 0.29) is 0 Å². The second-order valence-corrected chi connectivity index (χ2v) is 5.37. The third-order valence-electron chi connectivity index (χ3n) is 2.94. The van der Waals surface area contributed by atoms with Gasteiger partial charge in [-0.3, -0.25) is 0 Å². The minimum Gasteiger partial charge on any atom is -0.389 e. The Balaban J connectivity index is 2.55. The first-order valence-corrected chi connectivity index (χ1v) is 5.76. The summed E-state index contributed by atoms with van der Waals surface area (Å²) in [5, 5.41) is 9.73. The molecule has 0 aromatic carbocycles. The molecule has 0 saturated heterocycles. The molecule has 0 unspecified atom stereocenters. The number of fused-ring (bicyclic) bond motifs is 1. The van der Waals surface area contributed by atoms with E-state index >= 15 is 0 Å². The smallest absolute Gasteiger partial charge is 0.104 e. The summed E-state index contributed by atoms with van der Waals surface area (Å²) in [4.78, 5) is 1.34. The maximum atomic E-state index is 9.02. The molecule has 1 heterocycles. The normalized spacial score (nSPS) is 25.5. The molecule has 2 rings (SSSR count). The molecule has 0 radical (unpaired) electrons. The van der Waals surface area contributed by atoms with E-state index in [1.54, 1.807) is 11.3 Å². The predicted octanol–water partition coefficient (Wildman–Crippen LogP) is 2.89. The molecule has 2 nitrogen and oxygen atoms in total. The lowest BCUT2D eigenvalue weighted by Gasteiger charge is -2.24. The number of hydrogen-bond donors (Lipinski definition) is 1. The molecule has 2 atom stereocenters. The number of hydrogen-bond acceptors (Lipinski definition) is 3. The lowest BCUT2D eigenvalue weighted by atomic mass is 9.81. The van der Waals surface area contributed by atoms with Crippen LogP contribution in [-0.2, 0) is 6.42 Å². The van der Waals surface area contributed by atoms with E-state index in [0.717, 1.165) is 17.9 Å². The van der Waals surface area contributed by atoms with Gasteiger partial charge in [-0.15, -0.1) is 11.3 Å². The second-order valence-electron chi connectivity index (χ2n) is 4.24. The number of nitrogen functional groups attached to an aromatic ring is 1. The van der Waals surface area contributed by atoms with Crippen molar-refractivity contribution in [3.8, 4) is 6.07 Å². The van der Waals surface area contributed by atoms with E-state index in [4.69, 9.17) is 11.0 Å². The van der Waals surface area contributed by atoms with E-state index in [1.165, 1.54) is 16.9 Å². The first kappa shape index (κ1) is 9.54. The largest absolute Gasteiger partial charge is 0.389 e. The monoisotopic (exact) mass is 206 g/mol. The highest BCUT2D eigenvalue weighted by Gasteiger charge is 2.27. The SMILES string of the molecule is C[C@@H]1Cc2sc(N)c(C#N)c2[C@H](C)C1. The summed E-state index contributed by atoms with van der Waals surface area (Å²) in [6.45, 7) is 4.46. The molecule has 0 saturated carbocycles. The Morgan fingerprint density at radius 1 is 1.50 bits per heavy atom. The van der Waals surface area contributed by atoms with Gasteiger partial charge < -0.3 is 5.73 Å². The Kier molecular flexibility index (Phi) is 2.24. The maximum Gasteiger partial charge on any atom is 0.104 e. The molecule has 1 aliphatic rings. The molecule has 1 aromatic heterocycles. The van der Waals surface area contributed by atoms with Crippen LogP contribution in [0.15, 0.2) is 0 Å². The molecule has 74 valence electrons. The van der Waals surface area contributed by atoms with Crippen molar-refractivity contribution in [2.24, 2.45) is 5.92 Å². The molecule has 2 N–H and O–H groups in total. The van der Waals surface area contributed by atoms with Crippen molar-refractivity contribution in [1.29, 1.82) is 5.26 Å². The van der Waals surface area contributed by atoms with Gasteiger partial charge in [0.25, 0.3) is 0 Å². The van der Waals surface area contributed by atoms with Gasteiger partial charge in [-0.2, -0.15) is 5.26 Å². The van der Waals surface area contributed by atoms with Crippen LogP contribution in [0.3, 0.4) is 0 Å².